The molecule has 4 heterocycles. The van der Waals surface area contributed by atoms with Crippen molar-refractivity contribution in [3.05, 3.63) is 0 Å². The molecule has 0 aromatic rings. The smallest absolute Gasteiger partial charge is 0.319 e. The maximum atomic E-state index is 12.6. The van der Waals surface area contributed by atoms with Gasteiger partial charge in [0.15, 0.2) is 14.1 Å². The number of carbonyl (C=O) groups excluding carboxylic acids is 2. The van der Waals surface area contributed by atoms with E-state index in [1.165, 1.54) is 0 Å². The molecule has 5 nitrogen and oxygen atoms in total. The van der Waals surface area contributed by atoms with Gasteiger partial charge in [-0.25, -0.2) is 0 Å². The highest BCUT2D eigenvalue weighted by molar-refractivity contribution is 6.74. The fraction of sp³-hybridized carbons (Fsp3) is 0.895. The van der Waals surface area contributed by atoms with Crippen molar-refractivity contribution in [2.24, 2.45) is 5.41 Å². The van der Waals surface area contributed by atoms with Crippen LogP contribution in [-0.4, -0.2) is 56.3 Å². The molecule has 0 radical (unpaired) electrons. The highest BCUT2D eigenvalue weighted by Crippen LogP contribution is 2.51. The fourth-order valence-corrected chi connectivity index (χ4v) is 5.98. The molecule has 0 saturated carbocycles. The fourth-order valence-electron chi connectivity index (χ4n) is 4.60. The van der Waals surface area contributed by atoms with E-state index >= 15 is 0 Å². The summed E-state index contributed by atoms with van der Waals surface area (Å²) in [7, 11) is -1.80. The first kappa shape index (κ1) is 19.0. The average Bonchev–Trinajstić information content (AvgIpc) is 2.46. The van der Waals surface area contributed by atoms with E-state index < -0.39 is 13.7 Å². The van der Waals surface area contributed by atoms with E-state index in [1.807, 2.05) is 0 Å². The molecule has 6 heteroatoms. The highest BCUT2D eigenvalue weighted by Gasteiger charge is 2.61. The molecule has 4 bridgehead atoms. The van der Waals surface area contributed by atoms with E-state index in [4.69, 9.17) is 9.16 Å². The van der Waals surface area contributed by atoms with Gasteiger partial charge in [0.1, 0.15) is 5.41 Å². The lowest BCUT2D eigenvalue weighted by Gasteiger charge is -2.58. The number of piperidine rings is 4. The van der Waals surface area contributed by atoms with Crippen molar-refractivity contribution >= 4 is 20.1 Å². The van der Waals surface area contributed by atoms with Gasteiger partial charge in [-0.3, -0.25) is 14.5 Å². The van der Waals surface area contributed by atoms with Crippen molar-refractivity contribution in [2.45, 2.75) is 89.7 Å². The first-order valence-corrected chi connectivity index (χ1v) is 12.5. The molecule has 4 fully saturated rings. The SMILES string of the molecule is CCOC(=O)C12CC3CC(O[Si](C)(C)C(C)(C)C)CC(C1)N3CC2=O. The van der Waals surface area contributed by atoms with Gasteiger partial charge < -0.3 is 9.16 Å². The minimum atomic E-state index is -1.80. The highest BCUT2D eigenvalue weighted by atomic mass is 28.4. The molecule has 4 aliphatic rings. The largest absolute Gasteiger partial charge is 0.465 e. The van der Waals surface area contributed by atoms with Crippen LogP contribution in [0.25, 0.3) is 0 Å². The van der Waals surface area contributed by atoms with Crippen LogP contribution in [-0.2, 0) is 18.8 Å². The van der Waals surface area contributed by atoms with Crippen LogP contribution in [0.5, 0.6) is 0 Å². The number of ether oxygens (including phenoxy) is 1. The summed E-state index contributed by atoms with van der Waals surface area (Å²) in [6.07, 6.45) is 3.33. The number of nitrogens with zero attached hydrogens (tertiary/aromatic N) is 1. The van der Waals surface area contributed by atoms with Crippen LogP contribution < -0.4 is 0 Å². The van der Waals surface area contributed by atoms with Crippen molar-refractivity contribution in [1.29, 1.82) is 0 Å². The molecular weight excluding hydrogens is 334 g/mol. The van der Waals surface area contributed by atoms with E-state index in [0.29, 0.717) is 26.0 Å². The lowest BCUT2D eigenvalue weighted by molar-refractivity contribution is -0.182. The Hall–Kier alpha value is -0.723. The third kappa shape index (κ3) is 3.10. The first-order chi connectivity index (χ1) is 11.5. The summed E-state index contributed by atoms with van der Waals surface area (Å²) in [4.78, 5) is 27.5. The lowest BCUT2D eigenvalue weighted by atomic mass is 9.62. The number of Topliss-reactive ketones (excluding diaryl/α,β-unsaturated/α-hetero) is 1. The Bertz CT molecular complexity index is 552. The zero-order valence-electron chi connectivity index (χ0n) is 16.6. The van der Waals surface area contributed by atoms with Crippen LogP contribution in [0.4, 0.5) is 0 Å². The number of rotatable bonds is 4. The van der Waals surface area contributed by atoms with Gasteiger partial charge >= 0.3 is 5.97 Å². The molecule has 0 aromatic carbocycles. The summed E-state index contributed by atoms with van der Waals surface area (Å²) in [6.45, 7) is 13.9. The van der Waals surface area contributed by atoms with Crippen LogP contribution in [0.1, 0.15) is 53.4 Å². The van der Waals surface area contributed by atoms with Gasteiger partial charge in [0.05, 0.1) is 13.2 Å². The Morgan fingerprint density at radius 2 is 1.80 bits per heavy atom. The monoisotopic (exact) mass is 367 g/mol. The molecule has 0 aliphatic carbocycles. The van der Waals surface area contributed by atoms with Crippen LogP contribution in [0.2, 0.25) is 18.1 Å². The standard InChI is InChI=1S/C19H33NO4Si/c1-7-23-17(22)19-10-13-8-15(24-25(5,6)18(2,3)4)9-14(11-19)20(13)12-16(19)21/h13-15H,7-12H2,1-6H3. The summed E-state index contributed by atoms with van der Waals surface area (Å²) in [5.74, 6) is -0.236. The molecule has 0 aromatic heterocycles. The normalized spacial score (nSPS) is 37.9. The van der Waals surface area contributed by atoms with Crippen LogP contribution in [0, 0.1) is 5.41 Å². The molecule has 4 rings (SSSR count). The van der Waals surface area contributed by atoms with E-state index in [0.717, 1.165) is 12.8 Å². The van der Waals surface area contributed by atoms with Gasteiger partial charge in [-0.1, -0.05) is 20.8 Å². The molecule has 2 unspecified atom stereocenters. The summed E-state index contributed by atoms with van der Waals surface area (Å²) < 4.78 is 12.0. The Morgan fingerprint density at radius 1 is 1.24 bits per heavy atom. The van der Waals surface area contributed by atoms with Crippen molar-refractivity contribution in [2.75, 3.05) is 13.2 Å². The second-order valence-electron chi connectivity index (χ2n) is 9.59. The lowest BCUT2D eigenvalue weighted by Crippen LogP contribution is -2.69. The van der Waals surface area contributed by atoms with Gasteiger partial charge in [-0.15, -0.1) is 0 Å². The van der Waals surface area contributed by atoms with Crippen molar-refractivity contribution in [1.82, 2.24) is 4.90 Å². The topological polar surface area (TPSA) is 55.8 Å². The second-order valence-corrected chi connectivity index (χ2v) is 14.3. The Kier molecular flexibility index (Phi) is 4.70. The van der Waals surface area contributed by atoms with E-state index in [2.05, 4.69) is 38.8 Å². The molecule has 0 amide bonds. The molecule has 4 saturated heterocycles. The van der Waals surface area contributed by atoms with Crippen LogP contribution >= 0.6 is 0 Å². The first-order valence-electron chi connectivity index (χ1n) is 9.64. The predicted octanol–water partition coefficient (Wildman–Crippen LogP) is 3.14. The number of fused-ring (bicyclic) bond motifs is 1. The van der Waals surface area contributed by atoms with E-state index in [1.54, 1.807) is 6.92 Å². The maximum Gasteiger partial charge on any atom is 0.319 e. The van der Waals surface area contributed by atoms with Crippen molar-refractivity contribution in [3.8, 4) is 0 Å². The maximum absolute atomic E-state index is 12.6. The van der Waals surface area contributed by atoms with Gasteiger partial charge in [-0.05, 0) is 50.7 Å². The molecule has 25 heavy (non-hydrogen) atoms. The van der Waals surface area contributed by atoms with E-state index in [-0.39, 0.29) is 35.0 Å². The zero-order valence-corrected chi connectivity index (χ0v) is 17.6. The number of carbonyl (C=O) groups is 2. The van der Waals surface area contributed by atoms with Crippen molar-refractivity contribution in [3.63, 3.8) is 0 Å². The number of hydrogen-bond acceptors (Lipinski definition) is 5. The van der Waals surface area contributed by atoms with Gasteiger partial charge in [0.2, 0.25) is 0 Å². The predicted molar refractivity (Wildman–Crippen MR) is 98.9 cm³/mol. The summed E-state index contributed by atoms with van der Waals surface area (Å²) >= 11 is 0. The minimum Gasteiger partial charge on any atom is -0.465 e. The Labute approximate surface area is 152 Å². The second kappa shape index (κ2) is 6.17. The third-order valence-corrected chi connectivity index (χ3v) is 11.5. The van der Waals surface area contributed by atoms with E-state index in [9.17, 15) is 9.59 Å². The summed E-state index contributed by atoms with van der Waals surface area (Å²) in [5.41, 5.74) is -0.887. The number of esters is 1. The Balaban J connectivity index is 1.76. The minimum absolute atomic E-state index is 0.0576. The summed E-state index contributed by atoms with van der Waals surface area (Å²) in [6, 6.07) is 0.536. The molecule has 4 aliphatic heterocycles. The van der Waals surface area contributed by atoms with Crippen molar-refractivity contribution < 1.29 is 18.8 Å². The zero-order chi connectivity index (χ0) is 18.6. The molecule has 2 atom stereocenters. The third-order valence-electron chi connectivity index (χ3n) is 6.97. The molecule has 142 valence electrons. The van der Waals surface area contributed by atoms with Crippen LogP contribution in [0.15, 0.2) is 0 Å². The molecular formula is C19H33NO4Si. The van der Waals surface area contributed by atoms with Gasteiger partial charge in [-0.2, -0.15) is 0 Å². The number of hydrogen-bond donors (Lipinski definition) is 0. The summed E-state index contributed by atoms with van der Waals surface area (Å²) in [5, 5.41) is 0.195. The Morgan fingerprint density at radius 3 is 2.28 bits per heavy atom. The molecule has 0 N–H and O–H groups in total. The number of ketones is 1. The molecule has 0 spiro atoms. The van der Waals surface area contributed by atoms with Crippen LogP contribution in [0.3, 0.4) is 0 Å². The van der Waals surface area contributed by atoms with Gasteiger partial charge in [0, 0.05) is 18.2 Å². The average molecular weight is 368 g/mol. The van der Waals surface area contributed by atoms with Gasteiger partial charge in [0.25, 0.3) is 0 Å². The quantitative estimate of drug-likeness (QED) is 0.434.